The second-order valence-electron chi connectivity index (χ2n) is 9.30. The molecule has 1 fully saturated rings. The maximum Gasteiger partial charge on any atom is 0.416 e. The van der Waals surface area contributed by atoms with Crippen LogP contribution in [0.2, 0.25) is 0 Å². The van der Waals surface area contributed by atoms with Gasteiger partial charge in [0.2, 0.25) is 5.91 Å². The highest BCUT2D eigenvalue weighted by molar-refractivity contribution is 7.10. The van der Waals surface area contributed by atoms with Crippen molar-refractivity contribution in [3.8, 4) is 0 Å². The lowest BCUT2D eigenvalue weighted by molar-refractivity contribution is -0.137. The fourth-order valence-corrected chi connectivity index (χ4v) is 5.20. The van der Waals surface area contributed by atoms with Crippen molar-refractivity contribution in [1.29, 1.82) is 0 Å². The zero-order valence-corrected chi connectivity index (χ0v) is 21.7. The molecule has 0 spiro atoms. The average molecular weight is 549 g/mol. The number of aryl methyl sites for hydroxylation is 1. The molecule has 0 radical (unpaired) electrons. The van der Waals surface area contributed by atoms with Gasteiger partial charge in [-0.1, -0.05) is 12.1 Å². The van der Waals surface area contributed by atoms with E-state index < -0.39 is 17.6 Å². The van der Waals surface area contributed by atoms with E-state index in [1.165, 1.54) is 28.4 Å². The van der Waals surface area contributed by atoms with E-state index in [1.807, 2.05) is 18.4 Å². The monoisotopic (exact) mass is 548 g/mol. The molecule has 0 bridgehead atoms. The molecule has 5 nitrogen and oxygen atoms in total. The van der Waals surface area contributed by atoms with Crippen LogP contribution in [0.25, 0.3) is 0 Å². The highest BCUT2D eigenvalue weighted by Crippen LogP contribution is 2.29. The largest absolute Gasteiger partial charge is 0.416 e. The minimum atomic E-state index is -4.52. The van der Waals surface area contributed by atoms with Crippen molar-refractivity contribution >= 4 is 23.2 Å². The average Bonchev–Trinajstić information content (AvgIpc) is 3.55. The Balaban J connectivity index is 1.57. The number of hydrogen-bond donors (Lipinski definition) is 0. The van der Waals surface area contributed by atoms with Crippen LogP contribution in [0, 0.1) is 12.7 Å². The Hall–Kier alpha value is -3.24. The number of ether oxygens (including phenoxy) is 1. The molecular formula is C28H28F4N2O3S. The number of amides is 2. The van der Waals surface area contributed by atoms with E-state index >= 15 is 0 Å². The molecule has 0 saturated carbocycles. The Bertz CT molecular complexity index is 1240. The smallest absolute Gasteiger partial charge is 0.376 e. The van der Waals surface area contributed by atoms with Gasteiger partial charge in [-0.3, -0.25) is 9.59 Å². The molecule has 38 heavy (non-hydrogen) atoms. The highest BCUT2D eigenvalue weighted by Gasteiger charge is 2.31. The van der Waals surface area contributed by atoms with Crippen LogP contribution < -0.4 is 0 Å². The van der Waals surface area contributed by atoms with Crippen LogP contribution in [-0.4, -0.2) is 47.4 Å². The number of carbonyl (C=O) groups excluding carboxylic acids is 2. The van der Waals surface area contributed by atoms with Crippen molar-refractivity contribution in [2.45, 2.75) is 45.1 Å². The first-order valence-corrected chi connectivity index (χ1v) is 13.1. The Morgan fingerprint density at radius 2 is 1.71 bits per heavy atom. The molecule has 4 rings (SSSR count). The van der Waals surface area contributed by atoms with Gasteiger partial charge < -0.3 is 14.5 Å². The van der Waals surface area contributed by atoms with E-state index in [-0.39, 0.29) is 43.0 Å². The molecule has 1 saturated heterocycles. The molecule has 1 aliphatic heterocycles. The third-order valence-electron chi connectivity index (χ3n) is 6.46. The van der Waals surface area contributed by atoms with Crippen LogP contribution in [0.15, 0.2) is 60.0 Å². The van der Waals surface area contributed by atoms with Crippen LogP contribution in [0.4, 0.5) is 17.6 Å². The summed E-state index contributed by atoms with van der Waals surface area (Å²) in [6, 6.07) is 11.8. The van der Waals surface area contributed by atoms with Gasteiger partial charge in [0, 0.05) is 30.1 Å². The van der Waals surface area contributed by atoms with Gasteiger partial charge in [0.15, 0.2) is 0 Å². The first-order chi connectivity index (χ1) is 18.1. The second kappa shape index (κ2) is 12.1. The quantitative estimate of drug-likeness (QED) is 0.305. The molecule has 0 N–H and O–H groups in total. The molecule has 1 unspecified atom stereocenters. The minimum Gasteiger partial charge on any atom is -0.376 e. The minimum absolute atomic E-state index is 0.0583. The standard InChI is InChI=1S/C28H28F4N2O3S/c1-19-12-14-38-25(19)17-33(15-20-4-10-23(29)11-5-20)26(35)18-34(16-24-3-2-13-37-24)27(36)21-6-8-22(9-7-21)28(30,31)32/h4-12,14,24H,2-3,13,15-18H2,1H3. The molecule has 2 aromatic carbocycles. The SMILES string of the molecule is Cc1ccsc1CN(Cc1ccc(F)cc1)C(=O)CN(CC1CCCO1)C(=O)c1ccc(C(F)(F)F)cc1. The van der Waals surface area contributed by atoms with Crippen molar-refractivity contribution in [2.24, 2.45) is 0 Å². The number of rotatable bonds is 9. The van der Waals surface area contributed by atoms with Gasteiger partial charge in [0.05, 0.1) is 18.2 Å². The van der Waals surface area contributed by atoms with Gasteiger partial charge in [-0.15, -0.1) is 11.3 Å². The Morgan fingerprint density at radius 1 is 1.00 bits per heavy atom. The Kier molecular flexibility index (Phi) is 8.83. The number of alkyl halides is 3. The Morgan fingerprint density at radius 3 is 2.29 bits per heavy atom. The number of nitrogens with zero attached hydrogens (tertiary/aromatic N) is 2. The van der Waals surface area contributed by atoms with E-state index in [0.29, 0.717) is 13.2 Å². The van der Waals surface area contributed by atoms with Gasteiger partial charge >= 0.3 is 6.18 Å². The molecular weight excluding hydrogens is 520 g/mol. The van der Waals surface area contributed by atoms with Crippen molar-refractivity contribution in [1.82, 2.24) is 9.80 Å². The first-order valence-electron chi connectivity index (χ1n) is 12.2. The van der Waals surface area contributed by atoms with Crippen molar-refractivity contribution in [3.05, 3.63) is 92.9 Å². The summed E-state index contributed by atoms with van der Waals surface area (Å²) in [4.78, 5) is 31.0. The predicted molar refractivity (Wildman–Crippen MR) is 136 cm³/mol. The second-order valence-corrected chi connectivity index (χ2v) is 10.3. The normalized spacial score (nSPS) is 15.4. The fourth-order valence-electron chi connectivity index (χ4n) is 4.28. The molecule has 10 heteroatoms. The summed E-state index contributed by atoms with van der Waals surface area (Å²) >= 11 is 1.51. The number of halogens is 4. The Labute approximate surface area is 222 Å². The zero-order valence-electron chi connectivity index (χ0n) is 20.8. The summed E-state index contributed by atoms with van der Waals surface area (Å²) < 4.78 is 58.2. The maximum atomic E-state index is 13.6. The topological polar surface area (TPSA) is 49.9 Å². The molecule has 2 amide bonds. The lowest BCUT2D eigenvalue weighted by Gasteiger charge is -2.29. The third kappa shape index (κ3) is 7.20. The number of thiophene rings is 1. The fraction of sp³-hybridized carbons (Fsp3) is 0.357. The molecule has 3 aromatic rings. The van der Waals surface area contributed by atoms with Crippen molar-refractivity contribution in [2.75, 3.05) is 19.7 Å². The first kappa shape index (κ1) is 27.8. The lowest BCUT2D eigenvalue weighted by Crippen LogP contribution is -2.45. The van der Waals surface area contributed by atoms with Crippen LogP contribution in [0.5, 0.6) is 0 Å². The van der Waals surface area contributed by atoms with Gasteiger partial charge in [0.25, 0.3) is 5.91 Å². The molecule has 1 aromatic heterocycles. The maximum absolute atomic E-state index is 13.6. The molecule has 2 heterocycles. The molecule has 1 atom stereocenters. The molecule has 1 aliphatic rings. The van der Waals surface area contributed by atoms with E-state index in [4.69, 9.17) is 4.74 Å². The summed E-state index contributed by atoms with van der Waals surface area (Å²) in [6.07, 6.45) is -3.23. The van der Waals surface area contributed by atoms with Crippen LogP contribution in [0.1, 0.15) is 44.8 Å². The van der Waals surface area contributed by atoms with Crippen LogP contribution >= 0.6 is 11.3 Å². The van der Waals surface area contributed by atoms with Gasteiger partial charge in [0.1, 0.15) is 12.4 Å². The van der Waals surface area contributed by atoms with Crippen molar-refractivity contribution < 1.29 is 31.9 Å². The lowest BCUT2D eigenvalue weighted by atomic mass is 10.1. The van der Waals surface area contributed by atoms with Crippen LogP contribution in [-0.2, 0) is 28.8 Å². The zero-order chi connectivity index (χ0) is 27.3. The third-order valence-corrected chi connectivity index (χ3v) is 7.47. The van der Waals surface area contributed by atoms with E-state index in [0.717, 1.165) is 53.1 Å². The van der Waals surface area contributed by atoms with E-state index in [2.05, 4.69) is 0 Å². The molecule has 202 valence electrons. The predicted octanol–water partition coefficient (Wildman–Crippen LogP) is 6.06. The number of benzene rings is 2. The van der Waals surface area contributed by atoms with Gasteiger partial charge in [-0.2, -0.15) is 13.2 Å². The number of hydrogen-bond acceptors (Lipinski definition) is 4. The highest BCUT2D eigenvalue weighted by atomic mass is 32.1. The number of carbonyl (C=O) groups is 2. The summed E-state index contributed by atoms with van der Waals surface area (Å²) in [5.41, 5.74) is 0.966. The summed E-state index contributed by atoms with van der Waals surface area (Å²) in [7, 11) is 0. The van der Waals surface area contributed by atoms with Crippen LogP contribution in [0.3, 0.4) is 0 Å². The van der Waals surface area contributed by atoms with E-state index in [1.54, 1.807) is 17.0 Å². The summed E-state index contributed by atoms with van der Waals surface area (Å²) in [6.45, 7) is 2.89. The van der Waals surface area contributed by atoms with E-state index in [9.17, 15) is 27.2 Å². The summed E-state index contributed by atoms with van der Waals surface area (Å²) in [5, 5.41) is 1.93. The van der Waals surface area contributed by atoms with Crippen molar-refractivity contribution in [3.63, 3.8) is 0 Å². The van der Waals surface area contributed by atoms with Gasteiger partial charge in [-0.05, 0) is 78.7 Å². The van der Waals surface area contributed by atoms with Gasteiger partial charge in [-0.25, -0.2) is 4.39 Å². The molecule has 0 aliphatic carbocycles. The summed E-state index contributed by atoms with van der Waals surface area (Å²) in [5.74, 6) is -1.26.